The average molecular weight is 431 g/mol. The lowest BCUT2D eigenvalue weighted by Gasteiger charge is -2.33. The first-order valence-electron chi connectivity index (χ1n) is 9.40. The van der Waals surface area contributed by atoms with Crippen LogP contribution in [0, 0.1) is 11.8 Å². The molecule has 0 N–H and O–H groups in total. The summed E-state index contributed by atoms with van der Waals surface area (Å²) < 4.78 is 3.04. The number of carbonyl (C=O) groups is 2. The van der Waals surface area contributed by atoms with Gasteiger partial charge in [-0.3, -0.25) is 9.59 Å². The SMILES string of the molecule is O=C([C@@H]1CC(=O)N(c2cccc(Br)c2)C1)N1CCC(Cn2ccnc2)CC1. The van der Waals surface area contributed by atoms with E-state index in [0.29, 0.717) is 18.9 Å². The number of piperidine rings is 1. The van der Waals surface area contributed by atoms with E-state index in [1.807, 2.05) is 41.7 Å². The third-order valence-electron chi connectivity index (χ3n) is 5.55. The molecular formula is C20H23BrN4O2. The van der Waals surface area contributed by atoms with E-state index in [-0.39, 0.29) is 17.7 Å². The van der Waals surface area contributed by atoms with Gasteiger partial charge in [0.2, 0.25) is 11.8 Å². The van der Waals surface area contributed by atoms with Gasteiger partial charge in [-0.2, -0.15) is 0 Å². The zero-order valence-corrected chi connectivity index (χ0v) is 16.7. The van der Waals surface area contributed by atoms with Gasteiger partial charge in [0.05, 0.1) is 12.2 Å². The molecule has 2 aliphatic heterocycles. The smallest absolute Gasteiger partial charge is 0.228 e. The molecule has 142 valence electrons. The van der Waals surface area contributed by atoms with Crippen LogP contribution in [0.3, 0.4) is 0 Å². The number of aromatic nitrogens is 2. The molecule has 2 fully saturated rings. The molecule has 27 heavy (non-hydrogen) atoms. The van der Waals surface area contributed by atoms with Crippen LogP contribution in [0.2, 0.25) is 0 Å². The highest BCUT2D eigenvalue weighted by atomic mass is 79.9. The summed E-state index contributed by atoms with van der Waals surface area (Å²) in [5, 5.41) is 0. The van der Waals surface area contributed by atoms with Crippen LogP contribution in [-0.2, 0) is 16.1 Å². The molecule has 0 spiro atoms. The highest BCUT2D eigenvalue weighted by molar-refractivity contribution is 9.10. The van der Waals surface area contributed by atoms with Crippen LogP contribution in [0.4, 0.5) is 5.69 Å². The van der Waals surface area contributed by atoms with Crippen molar-refractivity contribution >= 4 is 33.4 Å². The van der Waals surface area contributed by atoms with Gasteiger partial charge in [0.15, 0.2) is 0 Å². The number of hydrogen-bond donors (Lipinski definition) is 0. The summed E-state index contributed by atoms with van der Waals surface area (Å²) in [6, 6.07) is 7.68. The number of amides is 2. The molecular weight excluding hydrogens is 408 g/mol. The van der Waals surface area contributed by atoms with Crippen LogP contribution in [0.25, 0.3) is 0 Å². The zero-order valence-electron chi connectivity index (χ0n) is 15.1. The van der Waals surface area contributed by atoms with Gasteiger partial charge in [-0.15, -0.1) is 0 Å². The topological polar surface area (TPSA) is 58.4 Å². The molecule has 2 aromatic rings. The van der Waals surface area contributed by atoms with Crippen molar-refractivity contribution in [1.29, 1.82) is 0 Å². The van der Waals surface area contributed by atoms with Gasteiger partial charge in [-0.05, 0) is 37.0 Å². The number of nitrogens with zero attached hydrogens (tertiary/aromatic N) is 4. The van der Waals surface area contributed by atoms with Crippen LogP contribution in [0.15, 0.2) is 47.5 Å². The molecule has 1 aromatic heterocycles. The standard InChI is InChI=1S/C20H23BrN4O2/c21-17-2-1-3-18(11-17)25-13-16(10-19(25)26)20(27)24-7-4-15(5-8-24)12-23-9-6-22-14-23/h1-3,6,9,11,14-16H,4-5,7-8,10,12-13H2/t16-/m1/s1. The molecule has 1 aromatic carbocycles. The fourth-order valence-corrected chi connectivity index (χ4v) is 4.44. The molecule has 0 aliphatic carbocycles. The summed E-state index contributed by atoms with van der Waals surface area (Å²) in [5.41, 5.74) is 0.851. The van der Waals surface area contributed by atoms with Crippen molar-refractivity contribution in [3.8, 4) is 0 Å². The molecule has 2 saturated heterocycles. The van der Waals surface area contributed by atoms with Crippen molar-refractivity contribution in [3.05, 3.63) is 47.5 Å². The van der Waals surface area contributed by atoms with Gasteiger partial charge in [0, 0.05) is 55.2 Å². The van der Waals surface area contributed by atoms with Crippen molar-refractivity contribution in [2.75, 3.05) is 24.5 Å². The van der Waals surface area contributed by atoms with Gasteiger partial charge < -0.3 is 14.4 Å². The van der Waals surface area contributed by atoms with Crippen molar-refractivity contribution in [1.82, 2.24) is 14.5 Å². The first-order valence-corrected chi connectivity index (χ1v) is 10.2. The second-order valence-corrected chi connectivity index (χ2v) is 8.33. The summed E-state index contributed by atoms with van der Waals surface area (Å²) >= 11 is 3.44. The Morgan fingerprint density at radius 1 is 1.26 bits per heavy atom. The highest BCUT2D eigenvalue weighted by Gasteiger charge is 2.38. The lowest BCUT2D eigenvalue weighted by molar-refractivity contribution is -0.137. The van der Waals surface area contributed by atoms with E-state index < -0.39 is 0 Å². The molecule has 6 nitrogen and oxygen atoms in total. The largest absolute Gasteiger partial charge is 0.342 e. The summed E-state index contributed by atoms with van der Waals surface area (Å²) in [5.74, 6) is 0.497. The van der Waals surface area contributed by atoms with Crippen LogP contribution >= 0.6 is 15.9 Å². The molecule has 0 bridgehead atoms. The maximum absolute atomic E-state index is 12.9. The third kappa shape index (κ3) is 4.08. The Kier molecular flexibility index (Phi) is 5.29. The molecule has 7 heteroatoms. The fourth-order valence-electron chi connectivity index (χ4n) is 4.05. The highest BCUT2D eigenvalue weighted by Crippen LogP contribution is 2.29. The Labute approximate surface area is 167 Å². The number of likely N-dealkylation sites (tertiary alicyclic amines) is 1. The van der Waals surface area contributed by atoms with Gasteiger partial charge in [-0.25, -0.2) is 4.98 Å². The Bertz CT molecular complexity index is 815. The summed E-state index contributed by atoms with van der Waals surface area (Å²) in [7, 11) is 0. The third-order valence-corrected chi connectivity index (χ3v) is 6.04. The molecule has 0 unspecified atom stereocenters. The van der Waals surface area contributed by atoms with Crippen molar-refractivity contribution in [3.63, 3.8) is 0 Å². The number of halogens is 1. The van der Waals surface area contributed by atoms with Crippen LogP contribution in [-0.4, -0.2) is 45.9 Å². The molecule has 1 atom stereocenters. The zero-order chi connectivity index (χ0) is 18.8. The predicted molar refractivity (Wildman–Crippen MR) is 106 cm³/mol. The second kappa shape index (κ2) is 7.84. The van der Waals surface area contributed by atoms with Crippen molar-refractivity contribution in [2.24, 2.45) is 11.8 Å². The van der Waals surface area contributed by atoms with Crippen LogP contribution < -0.4 is 4.90 Å². The average Bonchev–Trinajstić information content (AvgIpc) is 3.31. The van der Waals surface area contributed by atoms with Gasteiger partial charge in [0.25, 0.3) is 0 Å². The van der Waals surface area contributed by atoms with Gasteiger partial charge >= 0.3 is 0 Å². The Morgan fingerprint density at radius 2 is 2.07 bits per heavy atom. The quantitative estimate of drug-likeness (QED) is 0.748. The van der Waals surface area contributed by atoms with E-state index in [2.05, 4.69) is 25.5 Å². The molecule has 0 saturated carbocycles. The summed E-state index contributed by atoms with van der Waals surface area (Å²) in [6.07, 6.45) is 7.93. The van der Waals surface area contributed by atoms with Gasteiger partial charge in [-0.1, -0.05) is 22.0 Å². The van der Waals surface area contributed by atoms with E-state index in [9.17, 15) is 9.59 Å². The van der Waals surface area contributed by atoms with Crippen LogP contribution in [0.5, 0.6) is 0 Å². The monoisotopic (exact) mass is 430 g/mol. The van der Waals surface area contributed by atoms with E-state index >= 15 is 0 Å². The van der Waals surface area contributed by atoms with Crippen LogP contribution in [0.1, 0.15) is 19.3 Å². The lowest BCUT2D eigenvalue weighted by Crippen LogP contribution is -2.43. The normalized spacial score (nSPS) is 21.1. The second-order valence-electron chi connectivity index (χ2n) is 7.41. The minimum absolute atomic E-state index is 0.0291. The molecule has 0 radical (unpaired) electrons. The lowest BCUT2D eigenvalue weighted by atomic mass is 9.95. The number of rotatable bonds is 4. The van der Waals surface area contributed by atoms with E-state index in [1.54, 1.807) is 11.1 Å². The molecule has 2 amide bonds. The fraction of sp³-hybridized carbons (Fsp3) is 0.450. The van der Waals surface area contributed by atoms with E-state index in [4.69, 9.17) is 0 Å². The van der Waals surface area contributed by atoms with E-state index in [1.165, 1.54) is 0 Å². The minimum atomic E-state index is -0.235. The Balaban J connectivity index is 1.33. The number of hydrogen-bond acceptors (Lipinski definition) is 3. The Hall–Kier alpha value is -2.15. The maximum Gasteiger partial charge on any atom is 0.228 e. The first-order chi connectivity index (χ1) is 13.1. The number of benzene rings is 1. The molecule has 4 rings (SSSR count). The minimum Gasteiger partial charge on any atom is -0.342 e. The summed E-state index contributed by atoms with van der Waals surface area (Å²) in [6.45, 7) is 2.99. The predicted octanol–water partition coefficient (Wildman–Crippen LogP) is 2.94. The number of carbonyl (C=O) groups excluding carboxylic acids is 2. The number of imidazole rings is 1. The first kappa shape index (κ1) is 18.2. The molecule has 3 heterocycles. The van der Waals surface area contributed by atoms with Gasteiger partial charge in [0.1, 0.15) is 0 Å². The van der Waals surface area contributed by atoms with Crippen molar-refractivity contribution < 1.29 is 9.59 Å². The molecule has 2 aliphatic rings. The van der Waals surface area contributed by atoms with E-state index in [0.717, 1.165) is 42.6 Å². The number of anilines is 1. The Morgan fingerprint density at radius 3 is 2.78 bits per heavy atom. The summed E-state index contributed by atoms with van der Waals surface area (Å²) in [4.78, 5) is 33.2. The van der Waals surface area contributed by atoms with Crippen molar-refractivity contribution in [2.45, 2.75) is 25.8 Å². The maximum atomic E-state index is 12.9.